The second-order valence-electron chi connectivity index (χ2n) is 7.85. The number of nitrogens with zero attached hydrogens (tertiary/aromatic N) is 2. The van der Waals surface area contributed by atoms with Gasteiger partial charge in [-0.3, -0.25) is 4.79 Å². The lowest BCUT2D eigenvalue weighted by Gasteiger charge is -2.10. The Balaban J connectivity index is 0.000000195. The monoisotopic (exact) mass is 478 g/mol. The number of carboxylic acids is 2. The van der Waals surface area contributed by atoms with Gasteiger partial charge < -0.3 is 30.4 Å². The van der Waals surface area contributed by atoms with Crippen molar-refractivity contribution in [1.29, 1.82) is 0 Å². The first-order valence-corrected chi connectivity index (χ1v) is 10.9. The number of amides is 1. The number of nitrogens with two attached hydrogens (primary N) is 1. The van der Waals surface area contributed by atoms with Crippen molar-refractivity contribution in [3.05, 3.63) is 84.7 Å². The van der Waals surface area contributed by atoms with Crippen molar-refractivity contribution in [2.75, 3.05) is 20.6 Å². The molecule has 4 rings (SSSR count). The molecule has 0 unspecified atom stereocenters. The highest BCUT2D eigenvalue weighted by atomic mass is 16.4. The van der Waals surface area contributed by atoms with Gasteiger partial charge in [0, 0.05) is 42.0 Å². The van der Waals surface area contributed by atoms with Crippen molar-refractivity contribution in [1.82, 2.24) is 14.5 Å². The van der Waals surface area contributed by atoms with Gasteiger partial charge in [-0.15, -0.1) is 0 Å². The normalized spacial score (nSPS) is 10.6. The summed E-state index contributed by atoms with van der Waals surface area (Å²) in [6.07, 6.45) is 6.29. The number of H-pyrrole nitrogens is 1. The fourth-order valence-electron chi connectivity index (χ4n) is 3.33. The summed E-state index contributed by atoms with van der Waals surface area (Å²) in [5, 5.41) is 18.0. The fourth-order valence-corrected chi connectivity index (χ4v) is 3.33. The molecule has 5 N–H and O–H groups in total. The number of aromatic amines is 1. The number of fused-ring (bicyclic) bond motifs is 2. The molecule has 9 heteroatoms. The van der Waals surface area contributed by atoms with Crippen LogP contribution in [0.2, 0.25) is 0 Å². The molecule has 0 aliphatic carbocycles. The predicted octanol–water partition coefficient (Wildman–Crippen LogP) is 3.57. The number of para-hydroxylation sites is 2. The van der Waals surface area contributed by atoms with Gasteiger partial charge in [0.15, 0.2) is 0 Å². The van der Waals surface area contributed by atoms with Crippen molar-refractivity contribution in [3.8, 4) is 0 Å². The highest BCUT2D eigenvalue weighted by Gasteiger charge is 2.05. The van der Waals surface area contributed by atoms with Gasteiger partial charge in [-0.1, -0.05) is 30.3 Å². The van der Waals surface area contributed by atoms with Crippen molar-refractivity contribution >= 4 is 39.7 Å². The van der Waals surface area contributed by atoms with Gasteiger partial charge in [0.05, 0.1) is 11.1 Å². The minimum atomic E-state index is -1.26. The highest BCUT2D eigenvalue weighted by molar-refractivity contribution is 6.04. The summed E-state index contributed by atoms with van der Waals surface area (Å²) in [5.41, 5.74) is 7.87. The standard InChI is InChI=1S/C13H18N2.C9H8N2O.C4H4O4/c1-14(2)9-5-10-15-11-8-12-6-3-4-7-13(12)15;10-9(12)7-3-1-2-6-4-5-11-8(6)7;5-3(6)1-2-4(7)8/h3-4,6-8,11H,5,9-10H2,1-2H3;1-5,11H,(H2,10,12);1-2H,(H,5,6)(H,7,8). The number of carboxylic acid groups (broad SMARTS) is 2. The molecule has 0 aliphatic heterocycles. The highest BCUT2D eigenvalue weighted by Crippen LogP contribution is 2.16. The molecule has 0 bridgehead atoms. The van der Waals surface area contributed by atoms with E-state index < -0.39 is 17.8 Å². The van der Waals surface area contributed by atoms with Crippen LogP contribution in [0.25, 0.3) is 21.8 Å². The number of aliphatic carboxylic acids is 2. The SMILES string of the molecule is CN(C)CCCn1ccc2ccccc21.NC(=O)c1cccc2cc[nH]c12.O=C(O)C=CC(=O)O. The maximum absolute atomic E-state index is 10.9. The van der Waals surface area contributed by atoms with E-state index in [0.29, 0.717) is 17.7 Å². The van der Waals surface area contributed by atoms with Crippen LogP contribution in [0.5, 0.6) is 0 Å². The van der Waals surface area contributed by atoms with Crippen LogP contribution in [0.15, 0.2) is 79.1 Å². The van der Waals surface area contributed by atoms with Gasteiger partial charge in [-0.2, -0.15) is 0 Å². The largest absolute Gasteiger partial charge is 0.478 e. The summed E-state index contributed by atoms with van der Waals surface area (Å²) in [4.78, 5) is 35.2. The van der Waals surface area contributed by atoms with Crippen LogP contribution >= 0.6 is 0 Å². The Hall–Kier alpha value is -4.37. The van der Waals surface area contributed by atoms with Crippen LogP contribution in [0.1, 0.15) is 16.8 Å². The molecular formula is C26H30N4O5. The van der Waals surface area contributed by atoms with Crippen molar-refractivity contribution in [2.24, 2.45) is 5.73 Å². The Morgan fingerprint density at radius 3 is 2.23 bits per heavy atom. The lowest BCUT2D eigenvalue weighted by atomic mass is 10.1. The number of aryl methyl sites for hydroxylation is 1. The third-order valence-corrected chi connectivity index (χ3v) is 4.91. The second-order valence-corrected chi connectivity index (χ2v) is 7.85. The number of nitrogens with one attached hydrogen (secondary N) is 1. The molecule has 2 aromatic carbocycles. The number of benzene rings is 2. The zero-order valence-electron chi connectivity index (χ0n) is 19.7. The number of primary amides is 1. The maximum atomic E-state index is 10.9. The van der Waals surface area contributed by atoms with Crippen LogP contribution in [0.4, 0.5) is 0 Å². The van der Waals surface area contributed by atoms with Gasteiger partial charge in [0.25, 0.3) is 5.91 Å². The van der Waals surface area contributed by atoms with Gasteiger partial charge >= 0.3 is 11.9 Å². The van der Waals surface area contributed by atoms with Crippen LogP contribution in [-0.4, -0.2) is 63.1 Å². The minimum absolute atomic E-state index is 0.400. The van der Waals surface area contributed by atoms with Crippen molar-refractivity contribution in [2.45, 2.75) is 13.0 Å². The number of aromatic nitrogens is 2. The van der Waals surface area contributed by atoms with E-state index in [1.54, 1.807) is 12.3 Å². The number of hydrogen-bond donors (Lipinski definition) is 4. The average Bonchev–Trinajstić information content (AvgIpc) is 3.45. The molecule has 4 aromatic rings. The van der Waals surface area contributed by atoms with E-state index in [1.165, 1.54) is 17.3 Å². The minimum Gasteiger partial charge on any atom is -0.478 e. The molecule has 0 saturated carbocycles. The van der Waals surface area contributed by atoms with E-state index in [1.807, 2.05) is 18.2 Å². The van der Waals surface area contributed by atoms with E-state index in [4.69, 9.17) is 15.9 Å². The van der Waals surface area contributed by atoms with Crippen molar-refractivity contribution in [3.63, 3.8) is 0 Å². The van der Waals surface area contributed by atoms with E-state index in [2.05, 4.69) is 65.1 Å². The molecule has 0 radical (unpaired) electrons. The third-order valence-electron chi connectivity index (χ3n) is 4.91. The first kappa shape index (κ1) is 26.9. The molecule has 0 spiro atoms. The molecule has 0 aliphatic rings. The Morgan fingerprint density at radius 2 is 1.60 bits per heavy atom. The molecule has 184 valence electrons. The van der Waals surface area contributed by atoms with E-state index >= 15 is 0 Å². The summed E-state index contributed by atoms with van der Waals surface area (Å²) < 4.78 is 2.33. The van der Waals surface area contributed by atoms with Crippen LogP contribution in [-0.2, 0) is 16.1 Å². The molecule has 9 nitrogen and oxygen atoms in total. The zero-order chi connectivity index (χ0) is 25.8. The van der Waals surface area contributed by atoms with Gasteiger partial charge in [-0.05, 0) is 56.7 Å². The lowest BCUT2D eigenvalue weighted by molar-refractivity contribution is -0.134. The zero-order valence-corrected chi connectivity index (χ0v) is 19.7. The molecule has 2 aromatic heterocycles. The molecule has 0 fully saturated rings. The number of carbonyl (C=O) groups excluding carboxylic acids is 1. The molecule has 2 heterocycles. The number of carbonyl (C=O) groups is 3. The van der Waals surface area contributed by atoms with Gasteiger partial charge in [-0.25, -0.2) is 9.59 Å². The van der Waals surface area contributed by atoms with Gasteiger partial charge in [0.2, 0.25) is 0 Å². The Morgan fingerprint density at radius 1 is 0.943 bits per heavy atom. The van der Waals surface area contributed by atoms with E-state index in [0.717, 1.165) is 24.0 Å². The van der Waals surface area contributed by atoms with Crippen LogP contribution in [0.3, 0.4) is 0 Å². The smallest absolute Gasteiger partial charge is 0.328 e. The second kappa shape index (κ2) is 13.4. The topological polar surface area (TPSA) is 142 Å². The van der Waals surface area contributed by atoms with Crippen molar-refractivity contribution < 1.29 is 24.6 Å². The quantitative estimate of drug-likeness (QED) is 0.299. The summed E-state index contributed by atoms with van der Waals surface area (Å²) in [6, 6.07) is 18.1. The third kappa shape index (κ3) is 8.82. The summed E-state index contributed by atoms with van der Waals surface area (Å²) in [7, 11) is 4.24. The number of hydrogen-bond acceptors (Lipinski definition) is 4. The molecular weight excluding hydrogens is 448 g/mol. The van der Waals surface area contributed by atoms with Gasteiger partial charge in [0.1, 0.15) is 0 Å². The van der Waals surface area contributed by atoms with Crippen LogP contribution < -0.4 is 5.73 Å². The fraction of sp³-hybridized carbons (Fsp3) is 0.192. The molecule has 0 saturated heterocycles. The van der Waals surface area contributed by atoms with E-state index in [-0.39, 0.29) is 0 Å². The predicted molar refractivity (Wildman–Crippen MR) is 136 cm³/mol. The molecule has 1 amide bonds. The summed E-state index contributed by atoms with van der Waals surface area (Å²) in [5.74, 6) is -2.91. The Bertz CT molecular complexity index is 1290. The first-order chi connectivity index (χ1) is 16.7. The van der Waals surface area contributed by atoms with Crippen LogP contribution in [0, 0.1) is 0 Å². The lowest BCUT2D eigenvalue weighted by Crippen LogP contribution is -2.14. The Labute approximate surface area is 203 Å². The first-order valence-electron chi connectivity index (χ1n) is 10.9. The van der Waals surface area contributed by atoms with E-state index in [9.17, 15) is 14.4 Å². The maximum Gasteiger partial charge on any atom is 0.328 e. The number of rotatable bonds is 7. The summed E-state index contributed by atoms with van der Waals surface area (Å²) >= 11 is 0. The molecule has 0 atom stereocenters. The Kier molecular flexibility index (Phi) is 10.3. The molecule has 35 heavy (non-hydrogen) atoms. The summed E-state index contributed by atoms with van der Waals surface area (Å²) in [6.45, 7) is 2.25. The average molecular weight is 479 g/mol.